The van der Waals surface area contributed by atoms with Gasteiger partial charge in [-0.2, -0.15) is 26.3 Å². The van der Waals surface area contributed by atoms with E-state index in [2.05, 4.69) is 4.65 Å². The molecule has 0 N–H and O–H groups in total. The van der Waals surface area contributed by atoms with Crippen molar-refractivity contribution in [2.45, 2.75) is 12.4 Å². The fraction of sp³-hybridized carbons (Fsp3) is 0.250. The van der Waals surface area contributed by atoms with Gasteiger partial charge in [-0.25, -0.2) is 0 Å². The Morgan fingerprint density at radius 1 is 0.800 bits per heavy atom. The van der Waals surface area contributed by atoms with Gasteiger partial charge in [0.15, 0.2) is 0 Å². The molecule has 0 atom stereocenters. The molecule has 0 spiro atoms. The second kappa shape index (κ2) is 8.28. The van der Waals surface area contributed by atoms with Crippen molar-refractivity contribution in [3.8, 4) is 5.75 Å². The normalized spacial score (nSPS) is 11.2. The molecule has 0 aliphatic heterocycles. The summed E-state index contributed by atoms with van der Waals surface area (Å²) in [6.45, 7) is 0. The predicted octanol–water partition coefficient (Wildman–Crippen LogP) is -5.18. The summed E-state index contributed by atoms with van der Waals surface area (Å²) in [6.07, 6.45) is -10.1. The summed E-state index contributed by atoms with van der Waals surface area (Å²) in [5.74, 6) is -1.08. The average Bonchev–Trinajstić information content (AvgIpc) is 2.13. The van der Waals surface area contributed by atoms with Crippen LogP contribution in [0.5, 0.6) is 5.75 Å². The van der Waals surface area contributed by atoms with E-state index in [-0.39, 0.29) is 77.3 Å². The van der Waals surface area contributed by atoms with Crippen LogP contribution in [0.3, 0.4) is 0 Å². The molecule has 100 valence electrons. The van der Waals surface area contributed by atoms with Crippen LogP contribution in [0.25, 0.3) is 0 Å². The van der Waals surface area contributed by atoms with Gasteiger partial charge in [-0.05, 0) is 18.2 Å². The first-order valence-corrected chi connectivity index (χ1v) is 4.28. The van der Waals surface area contributed by atoms with Crippen LogP contribution in [0.1, 0.15) is 11.1 Å². The van der Waals surface area contributed by atoms with Gasteiger partial charge in [0.05, 0.1) is 16.9 Å². The molecule has 0 heterocycles. The van der Waals surface area contributed by atoms with E-state index in [4.69, 9.17) is 0 Å². The Labute approximate surface area is 154 Å². The van der Waals surface area contributed by atoms with Crippen molar-refractivity contribution >= 4 is 7.32 Å². The summed E-state index contributed by atoms with van der Waals surface area (Å²) in [5, 5.41) is 20.2. The smallest absolute Gasteiger partial charge is 0.860 e. The zero-order valence-electron chi connectivity index (χ0n) is 10.3. The third-order valence-electron chi connectivity index (χ3n) is 1.79. The van der Waals surface area contributed by atoms with Crippen molar-refractivity contribution in [3.63, 3.8) is 0 Å². The molecule has 0 aromatic heterocycles. The maximum absolute atomic E-state index is 12.3. The van der Waals surface area contributed by atoms with Gasteiger partial charge in [0.2, 0.25) is 0 Å². The van der Waals surface area contributed by atoms with Gasteiger partial charge in [-0.15, -0.1) is 0 Å². The van der Waals surface area contributed by atoms with Gasteiger partial charge in [0.25, 0.3) is 0 Å². The summed E-state index contributed by atoms with van der Waals surface area (Å²) in [7, 11) is -3.02. The van der Waals surface area contributed by atoms with Crippen LogP contribution < -0.4 is 73.8 Å². The first kappa shape index (κ1) is 22.9. The number of halogens is 6. The number of rotatable bonds is 2. The third-order valence-corrected chi connectivity index (χ3v) is 1.79. The van der Waals surface area contributed by atoms with Crippen molar-refractivity contribution in [1.29, 1.82) is 0 Å². The molecule has 0 aliphatic carbocycles. The molecule has 0 saturated carbocycles. The zero-order valence-corrected chi connectivity index (χ0v) is 14.3. The van der Waals surface area contributed by atoms with Crippen LogP contribution in [0.4, 0.5) is 26.3 Å². The van der Waals surface area contributed by atoms with Crippen LogP contribution in [0.2, 0.25) is 0 Å². The largest absolute Gasteiger partial charge is 1.00 e. The monoisotopic (exact) mass is 318 g/mol. The van der Waals surface area contributed by atoms with Gasteiger partial charge in [-0.1, -0.05) is 0 Å². The van der Waals surface area contributed by atoms with Crippen LogP contribution in [0.15, 0.2) is 18.2 Å². The summed E-state index contributed by atoms with van der Waals surface area (Å²) in [5.41, 5.74) is -3.32. The molecular weight excluding hydrogens is 315 g/mol. The quantitative estimate of drug-likeness (QED) is 0.405. The van der Waals surface area contributed by atoms with E-state index in [0.29, 0.717) is 0 Å². The summed E-state index contributed by atoms with van der Waals surface area (Å²) >= 11 is 0. The van der Waals surface area contributed by atoms with Crippen molar-refractivity contribution < 1.29 is 100 Å². The Kier molecular flexibility index (Phi) is 9.46. The number of hydrogen-bond acceptors (Lipinski definition) is 3. The fourth-order valence-electron chi connectivity index (χ4n) is 1.11. The minimum atomic E-state index is -5.05. The summed E-state index contributed by atoms with van der Waals surface area (Å²) in [6, 6.07) is 0.160. The van der Waals surface area contributed by atoms with Gasteiger partial charge < -0.3 is 14.7 Å². The molecule has 20 heavy (non-hydrogen) atoms. The van der Waals surface area contributed by atoms with E-state index in [0.717, 1.165) is 0 Å². The minimum absolute atomic E-state index is 0. The van der Waals surface area contributed by atoms with Crippen molar-refractivity contribution in [1.82, 2.24) is 0 Å². The van der Waals surface area contributed by atoms with E-state index in [9.17, 15) is 36.4 Å². The molecule has 3 nitrogen and oxygen atoms in total. The Balaban J connectivity index is 0. The molecule has 1 rings (SSSR count). The third kappa shape index (κ3) is 7.03. The van der Waals surface area contributed by atoms with E-state index in [1.807, 2.05) is 0 Å². The molecule has 0 bridgehead atoms. The standard InChI is InChI=1S/C8H3BF6O3.2Na/c10-7(11,12)4-1-5(8(13,14)15)3-6(2-4)18-9(16)17;;/h1-3H;;/q-2;2*+1. The topological polar surface area (TPSA) is 55.3 Å². The first-order chi connectivity index (χ1) is 8.00. The van der Waals surface area contributed by atoms with Gasteiger partial charge in [0.1, 0.15) is 7.32 Å². The molecule has 1 aromatic carbocycles. The number of benzene rings is 1. The zero-order chi connectivity index (χ0) is 14.1. The fourth-order valence-corrected chi connectivity index (χ4v) is 1.11. The van der Waals surface area contributed by atoms with Crippen LogP contribution >= 0.6 is 0 Å². The molecular formula is C8H3BF6Na2O3. The summed E-state index contributed by atoms with van der Waals surface area (Å²) < 4.78 is 77.5. The van der Waals surface area contributed by atoms with Crippen LogP contribution in [-0.2, 0) is 12.4 Å². The number of hydrogen-bond donors (Lipinski definition) is 0. The molecule has 0 amide bonds. The molecule has 12 heteroatoms. The van der Waals surface area contributed by atoms with Gasteiger partial charge in [-0.3, -0.25) is 0 Å². The van der Waals surface area contributed by atoms with Crippen molar-refractivity contribution in [2.24, 2.45) is 0 Å². The Morgan fingerprint density at radius 2 is 1.15 bits per heavy atom. The van der Waals surface area contributed by atoms with Gasteiger partial charge >= 0.3 is 71.5 Å². The van der Waals surface area contributed by atoms with E-state index in [1.165, 1.54) is 0 Å². The second-order valence-corrected chi connectivity index (χ2v) is 3.15. The Morgan fingerprint density at radius 3 is 1.40 bits per heavy atom. The molecule has 0 radical (unpaired) electrons. The molecule has 0 aliphatic rings. The first-order valence-electron chi connectivity index (χ1n) is 4.28. The van der Waals surface area contributed by atoms with Crippen molar-refractivity contribution in [3.05, 3.63) is 29.3 Å². The van der Waals surface area contributed by atoms with E-state index < -0.39 is 36.6 Å². The maximum atomic E-state index is 12.3. The average molecular weight is 318 g/mol. The van der Waals surface area contributed by atoms with E-state index >= 15 is 0 Å². The van der Waals surface area contributed by atoms with Crippen molar-refractivity contribution in [2.75, 3.05) is 0 Å². The Bertz CT molecular complexity index is 405. The molecule has 0 unspecified atom stereocenters. The molecule has 0 saturated heterocycles. The number of alkyl halides is 6. The van der Waals surface area contributed by atoms with Gasteiger partial charge in [0, 0.05) is 0 Å². The molecule has 0 fully saturated rings. The molecule has 1 aromatic rings. The van der Waals surface area contributed by atoms with Crippen LogP contribution in [-0.4, -0.2) is 7.32 Å². The minimum Gasteiger partial charge on any atom is -0.860 e. The Hall–Kier alpha value is 0.585. The SMILES string of the molecule is [Na+].[Na+].[O-]B([O-])Oc1cc(C(F)(F)F)cc(C(F)(F)F)c1. The maximum Gasteiger partial charge on any atom is 1.00 e. The van der Waals surface area contributed by atoms with E-state index in [1.54, 1.807) is 0 Å². The predicted molar refractivity (Wildman–Crippen MR) is 42.8 cm³/mol. The van der Waals surface area contributed by atoms with Crippen LogP contribution in [0, 0.1) is 0 Å². The summed E-state index contributed by atoms with van der Waals surface area (Å²) in [4.78, 5) is 0. The second-order valence-electron chi connectivity index (χ2n) is 3.15.